The molecule has 0 saturated carbocycles. The molecule has 0 spiro atoms. The van der Waals surface area contributed by atoms with Gasteiger partial charge < -0.3 is 21.7 Å². The van der Waals surface area contributed by atoms with Crippen molar-refractivity contribution in [2.24, 2.45) is 11.5 Å². The van der Waals surface area contributed by atoms with E-state index >= 15 is 0 Å². The number of hydrogen-bond donors (Lipinski definition) is 4. The highest BCUT2D eigenvalue weighted by Gasteiger charge is 2.13. The zero-order valence-corrected chi connectivity index (χ0v) is 9.76. The third-order valence-electron chi connectivity index (χ3n) is 2.27. The van der Waals surface area contributed by atoms with Gasteiger partial charge in [0, 0.05) is 11.6 Å². The third-order valence-corrected chi connectivity index (χ3v) is 2.27. The van der Waals surface area contributed by atoms with E-state index in [1.165, 1.54) is 6.08 Å². The van der Waals surface area contributed by atoms with Crippen LogP contribution in [0.3, 0.4) is 0 Å². The van der Waals surface area contributed by atoms with Crippen LogP contribution < -0.4 is 11.5 Å². The number of carbonyl (C=O) groups is 2. The van der Waals surface area contributed by atoms with Crippen LogP contribution in [0.2, 0.25) is 0 Å². The molecule has 6 N–H and O–H groups in total. The first-order valence-corrected chi connectivity index (χ1v) is 5.58. The minimum absolute atomic E-state index is 0.163. The summed E-state index contributed by atoms with van der Waals surface area (Å²) in [4.78, 5) is 21.2. The summed E-state index contributed by atoms with van der Waals surface area (Å²) in [5, 5.41) is 17.3. The fraction of sp³-hybridized carbons (Fsp3) is 0.636. The molecule has 0 heterocycles. The molecule has 98 valence electrons. The molecule has 0 amide bonds. The van der Waals surface area contributed by atoms with Gasteiger partial charge in [0.25, 0.3) is 0 Å². The van der Waals surface area contributed by atoms with Crippen molar-refractivity contribution in [1.29, 1.82) is 0 Å². The highest BCUT2D eigenvalue weighted by Crippen LogP contribution is 2.08. The second kappa shape index (κ2) is 8.72. The smallest absolute Gasteiger partial charge is 0.331 e. The number of hydrogen-bond acceptors (Lipinski definition) is 4. The Bertz CT molecular complexity index is 289. The Morgan fingerprint density at radius 2 is 1.82 bits per heavy atom. The highest BCUT2D eigenvalue weighted by molar-refractivity contribution is 5.92. The van der Waals surface area contributed by atoms with Crippen LogP contribution in [0.5, 0.6) is 0 Å². The molecule has 0 rings (SSSR count). The zero-order chi connectivity index (χ0) is 13.3. The largest absolute Gasteiger partial charge is 0.481 e. The third kappa shape index (κ3) is 8.41. The molecule has 0 fully saturated rings. The second-order valence-electron chi connectivity index (χ2n) is 3.87. The molecule has 0 aromatic carbocycles. The van der Waals surface area contributed by atoms with Crippen LogP contribution in [-0.4, -0.2) is 34.7 Å². The summed E-state index contributed by atoms with van der Waals surface area (Å²) in [6, 6.07) is -0.418. The summed E-state index contributed by atoms with van der Waals surface area (Å²) in [7, 11) is 0. The fourth-order valence-electron chi connectivity index (χ4n) is 1.41. The van der Waals surface area contributed by atoms with Crippen molar-refractivity contribution < 1.29 is 19.8 Å². The number of nitrogens with two attached hydrogens (primary N) is 2. The fourth-order valence-corrected chi connectivity index (χ4v) is 1.41. The van der Waals surface area contributed by atoms with Crippen LogP contribution >= 0.6 is 0 Å². The lowest BCUT2D eigenvalue weighted by atomic mass is 10.0. The van der Waals surface area contributed by atoms with Crippen molar-refractivity contribution in [2.45, 2.75) is 38.1 Å². The summed E-state index contributed by atoms with van der Waals surface area (Å²) in [6.45, 7) is 0.629. The number of rotatable bonds is 9. The molecule has 0 aliphatic rings. The van der Waals surface area contributed by atoms with E-state index in [4.69, 9.17) is 21.7 Å². The molecular formula is C11H20N2O4. The van der Waals surface area contributed by atoms with Crippen LogP contribution in [0.4, 0.5) is 0 Å². The Labute approximate surface area is 100 Å². The van der Waals surface area contributed by atoms with E-state index in [0.29, 0.717) is 13.0 Å². The molecule has 6 nitrogen and oxygen atoms in total. The predicted molar refractivity (Wildman–Crippen MR) is 63.5 cm³/mol. The van der Waals surface area contributed by atoms with Crippen LogP contribution in [-0.2, 0) is 9.59 Å². The van der Waals surface area contributed by atoms with E-state index in [0.717, 1.165) is 19.3 Å². The molecular weight excluding hydrogens is 224 g/mol. The number of carboxylic acids is 2. The highest BCUT2D eigenvalue weighted by atomic mass is 16.4. The predicted octanol–water partition coefficient (Wildman–Crippen LogP) is 0.319. The molecule has 17 heavy (non-hydrogen) atoms. The molecule has 1 unspecified atom stereocenters. The topological polar surface area (TPSA) is 127 Å². The van der Waals surface area contributed by atoms with E-state index in [1.807, 2.05) is 0 Å². The van der Waals surface area contributed by atoms with Crippen molar-refractivity contribution in [1.82, 2.24) is 0 Å². The van der Waals surface area contributed by atoms with Gasteiger partial charge in [-0.1, -0.05) is 18.9 Å². The van der Waals surface area contributed by atoms with Gasteiger partial charge in [-0.05, 0) is 19.4 Å². The van der Waals surface area contributed by atoms with Gasteiger partial charge in [-0.15, -0.1) is 0 Å². The van der Waals surface area contributed by atoms with E-state index in [1.54, 1.807) is 0 Å². The molecule has 6 heteroatoms. The monoisotopic (exact) mass is 244 g/mol. The van der Waals surface area contributed by atoms with E-state index in [-0.39, 0.29) is 5.57 Å². The van der Waals surface area contributed by atoms with Crippen LogP contribution in [0.1, 0.15) is 32.1 Å². The van der Waals surface area contributed by atoms with Gasteiger partial charge >= 0.3 is 11.9 Å². The SMILES string of the molecule is NCCCCCC(N)C=C(CC(=O)O)C(=O)O. The lowest BCUT2D eigenvalue weighted by molar-refractivity contribution is -0.139. The average molecular weight is 244 g/mol. The van der Waals surface area contributed by atoms with Gasteiger partial charge in [-0.3, -0.25) is 4.79 Å². The standard InChI is InChI=1S/C11H20N2O4/c12-5-3-1-2-4-9(13)6-8(11(16)17)7-10(14)15/h6,9H,1-5,7,12-13H2,(H,14,15)(H,16,17). The Morgan fingerprint density at radius 3 is 2.29 bits per heavy atom. The molecule has 0 aliphatic carbocycles. The summed E-state index contributed by atoms with van der Waals surface area (Å²) in [6.07, 6.45) is 4.16. The lowest BCUT2D eigenvalue weighted by Crippen LogP contribution is -2.20. The van der Waals surface area contributed by atoms with Gasteiger partial charge in [0.1, 0.15) is 0 Å². The summed E-state index contributed by atoms with van der Waals surface area (Å²) >= 11 is 0. The molecule has 1 atom stereocenters. The van der Waals surface area contributed by atoms with E-state index < -0.39 is 24.4 Å². The summed E-state index contributed by atoms with van der Waals surface area (Å²) < 4.78 is 0. The van der Waals surface area contributed by atoms with Crippen LogP contribution in [0, 0.1) is 0 Å². The number of aliphatic carboxylic acids is 2. The first kappa shape index (κ1) is 15.6. The Balaban J connectivity index is 4.19. The average Bonchev–Trinajstić information content (AvgIpc) is 2.22. The van der Waals surface area contributed by atoms with Crippen molar-refractivity contribution >= 4 is 11.9 Å². The minimum Gasteiger partial charge on any atom is -0.481 e. The minimum atomic E-state index is -1.23. The number of unbranched alkanes of at least 4 members (excludes halogenated alkanes) is 2. The molecule has 0 radical (unpaired) electrons. The summed E-state index contributed by atoms with van der Waals surface area (Å²) in [5.41, 5.74) is 10.9. The number of carboxylic acid groups (broad SMARTS) is 2. The van der Waals surface area contributed by atoms with Gasteiger partial charge in [-0.2, -0.15) is 0 Å². The van der Waals surface area contributed by atoms with Crippen LogP contribution in [0.25, 0.3) is 0 Å². The van der Waals surface area contributed by atoms with E-state index in [9.17, 15) is 9.59 Å². The van der Waals surface area contributed by atoms with Crippen molar-refractivity contribution in [3.05, 3.63) is 11.6 Å². The van der Waals surface area contributed by atoms with Crippen molar-refractivity contribution in [3.63, 3.8) is 0 Å². The van der Waals surface area contributed by atoms with Gasteiger partial charge in [-0.25, -0.2) is 4.79 Å². The Kier molecular flexibility index (Phi) is 8.00. The Hall–Kier alpha value is -1.40. The Morgan fingerprint density at radius 1 is 1.18 bits per heavy atom. The maximum absolute atomic E-state index is 10.7. The second-order valence-corrected chi connectivity index (χ2v) is 3.87. The van der Waals surface area contributed by atoms with Crippen molar-refractivity contribution in [3.8, 4) is 0 Å². The first-order chi connectivity index (χ1) is 7.97. The summed E-state index contributed by atoms with van der Waals surface area (Å²) in [5.74, 6) is -2.40. The lowest BCUT2D eigenvalue weighted by Gasteiger charge is -2.08. The molecule has 0 bridgehead atoms. The van der Waals surface area contributed by atoms with Gasteiger partial charge in [0.05, 0.1) is 6.42 Å². The quantitative estimate of drug-likeness (QED) is 0.341. The van der Waals surface area contributed by atoms with Gasteiger partial charge in [0.15, 0.2) is 0 Å². The first-order valence-electron chi connectivity index (χ1n) is 5.58. The zero-order valence-electron chi connectivity index (χ0n) is 9.76. The molecule has 0 saturated heterocycles. The van der Waals surface area contributed by atoms with Crippen LogP contribution in [0.15, 0.2) is 11.6 Å². The van der Waals surface area contributed by atoms with Gasteiger partial charge in [0.2, 0.25) is 0 Å². The normalized spacial score (nSPS) is 13.4. The molecule has 0 aromatic rings. The molecule has 0 aromatic heterocycles. The maximum atomic E-state index is 10.7. The van der Waals surface area contributed by atoms with Crippen molar-refractivity contribution in [2.75, 3.05) is 6.54 Å². The van der Waals surface area contributed by atoms with E-state index in [2.05, 4.69) is 0 Å². The molecule has 0 aliphatic heterocycles. The maximum Gasteiger partial charge on any atom is 0.331 e.